The molecule has 0 bridgehead atoms. The Kier molecular flexibility index (Phi) is 1.96. The third-order valence-corrected chi connectivity index (χ3v) is 2.36. The highest BCUT2D eigenvalue weighted by Gasteiger charge is 2.41. The maximum atomic E-state index is 10.4. The molecule has 3 nitrogen and oxygen atoms in total. The maximum Gasteiger partial charge on any atom is 0.264 e. The summed E-state index contributed by atoms with van der Waals surface area (Å²) in [4.78, 5) is -0.372. The summed E-state index contributed by atoms with van der Waals surface area (Å²) < 4.78 is 25.3. The third kappa shape index (κ3) is 2.86. The Morgan fingerprint density at radius 1 is 1.60 bits per heavy atom. The molecule has 1 fully saturated rings. The van der Waals surface area contributed by atoms with Crippen molar-refractivity contribution >= 4 is 21.7 Å². The van der Waals surface area contributed by atoms with Crippen LogP contribution in [-0.4, -0.2) is 26.2 Å². The van der Waals surface area contributed by atoms with Crippen molar-refractivity contribution in [3.63, 3.8) is 0 Å². The summed E-state index contributed by atoms with van der Waals surface area (Å²) in [5.74, 6) is 0. The molecule has 0 aromatic heterocycles. The molecule has 1 rings (SSSR count). The van der Waals surface area contributed by atoms with E-state index in [9.17, 15) is 8.42 Å². The van der Waals surface area contributed by atoms with Gasteiger partial charge in [-0.3, -0.25) is 4.18 Å². The molecule has 0 unspecified atom stereocenters. The summed E-state index contributed by atoms with van der Waals surface area (Å²) in [6.45, 7) is 0.118. The van der Waals surface area contributed by atoms with Crippen LogP contribution in [0.4, 0.5) is 0 Å². The lowest BCUT2D eigenvalue weighted by molar-refractivity contribution is 0.314. The van der Waals surface area contributed by atoms with Crippen molar-refractivity contribution in [2.24, 2.45) is 0 Å². The number of halogens is 1. The summed E-state index contributed by atoms with van der Waals surface area (Å²) in [5.41, 5.74) is 0. The van der Waals surface area contributed by atoms with E-state index < -0.39 is 10.1 Å². The van der Waals surface area contributed by atoms with Crippen molar-refractivity contribution in [3.8, 4) is 0 Å². The van der Waals surface area contributed by atoms with Crippen molar-refractivity contribution in [1.82, 2.24) is 0 Å². The lowest BCUT2D eigenvalue weighted by atomic mass is 10.5. The molecular weight excluding hydrogens is 176 g/mol. The predicted molar refractivity (Wildman–Crippen MR) is 38.6 cm³/mol. The van der Waals surface area contributed by atoms with Crippen molar-refractivity contribution in [2.75, 3.05) is 12.9 Å². The van der Waals surface area contributed by atoms with Gasteiger partial charge in [-0.1, -0.05) is 0 Å². The fourth-order valence-electron chi connectivity index (χ4n) is 0.493. The number of rotatable bonds is 3. The zero-order chi connectivity index (χ0) is 7.83. The standard InChI is InChI=1S/C5H9ClO3S/c1-10(7,8)9-4-5(6)2-3-5/h2-4H2,1H3. The molecule has 1 saturated carbocycles. The van der Waals surface area contributed by atoms with Gasteiger partial charge in [-0.15, -0.1) is 11.6 Å². The molecule has 0 saturated heterocycles. The van der Waals surface area contributed by atoms with Gasteiger partial charge in [-0.2, -0.15) is 8.42 Å². The first-order valence-electron chi connectivity index (χ1n) is 2.95. The van der Waals surface area contributed by atoms with Crippen molar-refractivity contribution in [3.05, 3.63) is 0 Å². The van der Waals surface area contributed by atoms with Crippen LogP contribution < -0.4 is 0 Å². The van der Waals surface area contributed by atoms with Gasteiger partial charge in [0.1, 0.15) is 0 Å². The Hall–Kier alpha value is 0.200. The van der Waals surface area contributed by atoms with E-state index >= 15 is 0 Å². The highest BCUT2D eigenvalue weighted by molar-refractivity contribution is 7.85. The number of hydrogen-bond acceptors (Lipinski definition) is 3. The van der Waals surface area contributed by atoms with Gasteiger partial charge in [-0.25, -0.2) is 0 Å². The molecule has 0 radical (unpaired) electrons. The lowest BCUT2D eigenvalue weighted by Gasteiger charge is -2.03. The average molecular weight is 185 g/mol. The first-order valence-corrected chi connectivity index (χ1v) is 5.14. The van der Waals surface area contributed by atoms with Crippen molar-refractivity contribution in [1.29, 1.82) is 0 Å². The molecule has 1 aliphatic rings. The van der Waals surface area contributed by atoms with Crippen molar-refractivity contribution in [2.45, 2.75) is 17.7 Å². The minimum absolute atomic E-state index is 0.118. The van der Waals surface area contributed by atoms with Gasteiger partial charge in [0.05, 0.1) is 17.7 Å². The molecule has 10 heavy (non-hydrogen) atoms. The Labute approximate surface area is 65.4 Å². The van der Waals surface area contributed by atoms with E-state index in [1.54, 1.807) is 0 Å². The van der Waals surface area contributed by atoms with Crippen LogP contribution in [-0.2, 0) is 14.3 Å². The summed E-state index contributed by atoms with van der Waals surface area (Å²) in [7, 11) is -3.30. The fourth-order valence-corrected chi connectivity index (χ4v) is 1.15. The quantitative estimate of drug-likeness (QED) is 0.480. The zero-order valence-corrected chi connectivity index (χ0v) is 7.20. The topological polar surface area (TPSA) is 43.4 Å². The first kappa shape index (κ1) is 8.30. The smallest absolute Gasteiger partial charge is 0.264 e. The van der Waals surface area contributed by atoms with Gasteiger partial charge in [0.15, 0.2) is 0 Å². The molecule has 1 aliphatic carbocycles. The lowest BCUT2D eigenvalue weighted by Crippen LogP contribution is -2.13. The van der Waals surface area contributed by atoms with E-state index in [4.69, 9.17) is 11.6 Å². The van der Waals surface area contributed by atoms with E-state index in [0.29, 0.717) is 0 Å². The van der Waals surface area contributed by atoms with Gasteiger partial charge in [-0.05, 0) is 12.8 Å². The van der Waals surface area contributed by atoms with E-state index in [2.05, 4.69) is 4.18 Å². The summed E-state index contributed by atoms with van der Waals surface area (Å²) in [6.07, 6.45) is 2.73. The second-order valence-corrected chi connectivity index (χ2v) is 5.06. The van der Waals surface area contributed by atoms with E-state index in [1.807, 2.05) is 0 Å². The van der Waals surface area contributed by atoms with E-state index in [1.165, 1.54) is 0 Å². The molecule has 0 aliphatic heterocycles. The minimum Gasteiger partial charge on any atom is -0.268 e. The monoisotopic (exact) mass is 184 g/mol. The molecule has 60 valence electrons. The normalized spacial score (nSPS) is 22.6. The van der Waals surface area contributed by atoms with Crippen LogP contribution in [0.2, 0.25) is 0 Å². The van der Waals surface area contributed by atoms with Crippen LogP contribution in [0.5, 0.6) is 0 Å². The van der Waals surface area contributed by atoms with Crippen LogP contribution in [0.1, 0.15) is 12.8 Å². The maximum absolute atomic E-state index is 10.4. The van der Waals surface area contributed by atoms with Gasteiger partial charge in [0.25, 0.3) is 10.1 Å². The van der Waals surface area contributed by atoms with Gasteiger partial charge in [0.2, 0.25) is 0 Å². The molecule has 0 heterocycles. The minimum atomic E-state index is -3.30. The highest BCUT2D eigenvalue weighted by atomic mass is 35.5. The molecule has 0 aromatic rings. The third-order valence-electron chi connectivity index (χ3n) is 1.32. The van der Waals surface area contributed by atoms with Gasteiger partial charge in [0, 0.05) is 0 Å². The SMILES string of the molecule is CS(=O)(=O)OCC1(Cl)CC1. The van der Waals surface area contributed by atoms with Crippen LogP contribution >= 0.6 is 11.6 Å². The van der Waals surface area contributed by atoms with Crippen LogP contribution in [0.25, 0.3) is 0 Å². The fraction of sp³-hybridized carbons (Fsp3) is 1.00. The Bertz CT molecular complexity index is 217. The largest absolute Gasteiger partial charge is 0.268 e. The van der Waals surface area contributed by atoms with E-state index in [-0.39, 0.29) is 11.5 Å². The molecule has 0 aromatic carbocycles. The molecule has 0 N–H and O–H groups in total. The molecule has 5 heteroatoms. The predicted octanol–water partition coefficient (Wildman–Crippen LogP) is 0.734. The molecular formula is C5H9ClO3S. The Morgan fingerprint density at radius 3 is 2.40 bits per heavy atom. The number of alkyl halides is 1. The highest BCUT2D eigenvalue weighted by Crippen LogP contribution is 2.42. The molecule has 0 atom stereocenters. The van der Waals surface area contributed by atoms with E-state index in [0.717, 1.165) is 19.1 Å². The Balaban J connectivity index is 2.30. The zero-order valence-electron chi connectivity index (χ0n) is 5.63. The molecule has 0 amide bonds. The van der Waals surface area contributed by atoms with Gasteiger partial charge < -0.3 is 0 Å². The first-order chi connectivity index (χ1) is 4.41. The number of hydrogen-bond donors (Lipinski definition) is 0. The van der Waals surface area contributed by atoms with Crippen molar-refractivity contribution < 1.29 is 12.6 Å². The van der Waals surface area contributed by atoms with Gasteiger partial charge >= 0.3 is 0 Å². The summed E-state index contributed by atoms with van der Waals surface area (Å²) in [5, 5.41) is 0. The van der Waals surface area contributed by atoms with Crippen LogP contribution in [0, 0.1) is 0 Å². The second kappa shape index (κ2) is 2.36. The molecule has 0 spiro atoms. The second-order valence-electron chi connectivity index (χ2n) is 2.62. The Morgan fingerprint density at radius 2 is 2.10 bits per heavy atom. The summed E-state index contributed by atoms with van der Waals surface area (Å²) >= 11 is 5.76. The summed E-state index contributed by atoms with van der Waals surface area (Å²) in [6, 6.07) is 0. The van der Waals surface area contributed by atoms with Crippen LogP contribution in [0.15, 0.2) is 0 Å². The van der Waals surface area contributed by atoms with Crippen LogP contribution in [0.3, 0.4) is 0 Å². The average Bonchev–Trinajstić information content (AvgIpc) is 2.43.